The average molecular weight is 398 g/mol. The second-order valence-electron chi connectivity index (χ2n) is 6.27. The van der Waals surface area contributed by atoms with Gasteiger partial charge in [-0.25, -0.2) is 0 Å². The molecule has 29 heavy (non-hydrogen) atoms. The number of hydrogen-bond acceptors (Lipinski definition) is 4. The summed E-state index contributed by atoms with van der Waals surface area (Å²) in [5.41, 5.74) is 2.29. The summed E-state index contributed by atoms with van der Waals surface area (Å²) in [7, 11) is 0. The van der Waals surface area contributed by atoms with Gasteiger partial charge in [0, 0.05) is 5.69 Å². The zero-order chi connectivity index (χ0) is 20.6. The third kappa shape index (κ3) is 6.02. The van der Waals surface area contributed by atoms with Crippen molar-refractivity contribution >= 4 is 11.6 Å². The van der Waals surface area contributed by atoms with Crippen LogP contribution in [0.25, 0.3) is 0 Å². The smallest absolute Gasteiger partial charge is 0.387 e. The van der Waals surface area contributed by atoms with Crippen molar-refractivity contribution in [3.63, 3.8) is 0 Å². The number of carbonyl (C=O) groups excluding carboxylic acids is 1. The molecule has 0 saturated heterocycles. The molecule has 3 N–H and O–H groups in total. The van der Waals surface area contributed by atoms with Gasteiger partial charge in [-0.3, -0.25) is 10.1 Å². The Morgan fingerprint density at radius 3 is 2.14 bits per heavy atom. The minimum Gasteiger partial charge on any atom is -0.508 e. The van der Waals surface area contributed by atoms with E-state index in [0.29, 0.717) is 5.69 Å². The van der Waals surface area contributed by atoms with Gasteiger partial charge in [0.05, 0.1) is 12.6 Å². The molecule has 1 unspecified atom stereocenters. The van der Waals surface area contributed by atoms with E-state index in [4.69, 9.17) is 0 Å². The van der Waals surface area contributed by atoms with Gasteiger partial charge < -0.3 is 15.2 Å². The molecule has 0 bridgehead atoms. The Morgan fingerprint density at radius 1 is 0.897 bits per heavy atom. The molecule has 0 aliphatic heterocycles. The van der Waals surface area contributed by atoms with E-state index >= 15 is 0 Å². The van der Waals surface area contributed by atoms with Crippen LogP contribution < -0.4 is 15.4 Å². The Bertz CT molecular complexity index is 917. The maximum absolute atomic E-state index is 12.4. The molecule has 0 fully saturated rings. The van der Waals surface area contributed by atoms with Gasteiger partial charge in [0.1, 0.15) is 11.5 Å². The van der Waals surface area contributed by atoms with Crippen molar-refractivity contribution in [1.82, 2.24) is 5.32 Å². The second kappa shape index (κ2) is 9.66. The van der Waals surface area contributed by atoms with E-state index in [1.54, 1.807) is 24.3 Å². The van der Waals surface area contributed by atoms with Crippen molar-refractivity contribution in [2.45, 2.75) is 12.7 Å². The first kappa shape index (κ1) is 20.3. The lowest BCUT2D eigenvalue weighted by Crippen LogP contribution is -2.31. The number of phenols is 1. The number of hydrogen-bond donors (Lipinski definition) is 3. The second-order valence-corrected chi connectivity index (χ2v) is 6.27. The third-order valence-electron chi connectivity index (χ3n) is 4.19. The molecule has 3 aromatic rings. The predicted octanol–water partition coefficient (Wildman–Crippen LogP) is 4.31. The van der Waals surface area contributed by atoms with Gasteiger partial charge in [0.2, 0.25) is 5.91 Å². The van der Waals surface area contributed by atoms with Crippen LogP contribution >= 0.6 is 0 Å². The van der Waals surface area contributed by atoms with E-state index in [1.165, 1.54) is 24.3 Å². The zero-order valence-corrected chi connectivity index (χ0v) is 15.4. The van der Waals surface area contributed by atoms with Gasteiger partial charge in [-0.05, 0) is 47.5 Å². The van der Waals surface area contributed by atoms with Crippen LogP contribution in [0.15, 0.2) is 78.9 Å². The van der Waals surface area contributed by atoms with Gasteiger partial charge in [0.25, 0.3) is 0 Å². The Hall–Kier alpha value is -3.45. The molecule has 3 aromatic carbocycles. The first-order valence-corrected chi connectivity index (χ1v) is 8.93. The van der Waals surface area contributed by atoms with E-state index in [1.807, 2.05) is 30.3 Å². The number of nitrogens with one attached hydrogen (secondary N) is 2. The Balaban J connectivity index is 1.71. The van der Waals surface area contributed by atoms with Gasteiger partial charge >= 0.3 is 6.61 Å². The first-order valence-electron chi connectivity index (χ1n) is 8.93. The van der Waals surface area contributed by atoms with Gasteiger partial charge in [-0.15, -0.1) is 0 Å². The summed E-state index contributed by atoms with van der Waals surface area (Å²) in [6.07, 6.45) is 0. The number of rotatable bonds is 8. The molecule has 0 radical (unpaired) electrons. The highest BCUT2D eigenvalue weighted by Gasteiger charge is 2.16. The van der Waals surface area contributed by atoms with Crippen molar-refractivity contribution in [2.24, 2.45) is 0 Å². The highest BCUT2D eigenvalue weighted by Crippen LogP contribution is 2.25. The van der Waals surface area contributed by atoms with Gasteiger partial charge in [0.15, 0.2) is 0 Å². The Morgan fingerprint density at radius 2 is 1.52 bits per heavy atom. The van der Waals surface area contributed by atoms with Crippen molar-refractivity contribution in [2.75, 3.05) is 11.9 Å². The Labute approximate surface area is 167 Å². The molecule has 0 aromatic heterocycles. The van der Waals surface area contributed by atoms with Gasteiger partial charge in [-0.2, -0.15) is 8.78 Å². The van der Waals surface area contributed by atoms with Crippen molar-refractivity contribution in [1.29, 1.82) is 0 Å². The molecular weight excluding hydrogens is 378 g/mol. The summed E-state index contributed by atoms with van der Waals surface area (Å²) in [5.74, 6) is -0.0700. The monoisotopic (exact) mass is 398 g/mol. The summed E-state index contributed by atoms with van der Waals surface area (Å²) >= 11 is 0. The highest BCUT2D eigenvalue weighted by atomic mass is 19.3. The van der Waals surface area contributed by atoms with Crippen molar-refractivity contribution in [3.05, 3.63) is 90.0 Å². The lowest BCUT2D eigenvalue weighted by Gasteiger charge is -2.20. The first-order chi connectivity index (χ1) is 14.0. The molecular formula is C22H20F2N2O3. The van der Waals surface area contributed by atoms with Crippen LogP contribution in [-0.4, -0.2) is 24.2 Å². The summed E-state index contributed by atoms with van der Waals surface area (Å²) in [6, 6.07) is 21.6. The SMILES string of the molecule is O=C(CNC(c1ccccc1)c1ccc(OC(F)F)cc1)Nc1ccc(O)cc1. The Kier molecular flexibility index (Phi) is 6.76. The number of carbonyl (C=O) groups is 1. The minimum absolute atomic E-state index is 0.0235. The van der Waals surface area contributed by atoms with E-state index < -0.39 is 6.61 Å². The summed E-state index contributed by atoms with van der Waals surface area (Å²) in [5, 5.41) is 15.2. The van der Waals surface area contributed by atoms with Crippen LogP contribution in [0.2, 0.25) is 0 Å². The molecule has 150 valence electrons. The molecule has 3 rings (SSSR count). The third-order valence-corrected chi connectivity index (χ3v) is 4.19. The minimum atomic E-state index is -2.88. The lowest BCUT2D eigenvalue weighted by molar-refractivity contribution is -0.115. The average Bonchev–Trinajstić information content (AvgIpc) is 2.71. The number of amides is 1. The van der Waals surface area contributed by atoms with E-state index in [2.05, 4.69) is 15.4 Å². The summed E-state index contributed by atoms with van der Waals surface area (Å²) < 4.78 is 29.1. The maximum Gasteiger partial charge on any atom is 0.387 e. The molecule has 0 heterocycles. The lowest BCUT2D eigenvalue weighted by atomic mass is 9.98. The van der Waals surface area contributed by atoms with E-state index in [0.717, 1.165) is 11.1 Å². The molecule has 0 saturated carbocycles. The van der Waals surface area contributed by atoms with Crippen LogP contribution in [0.4, 0.5) is 14.5 Å². The number of halogens is 2. The predicted molar refractivity (Wildman–Crippen MR) is 106 cm³/mol. The molecule has 0 spiro atoms. The van der Waals surface area contributed by atoms with Crippen LogP contribution in [-0.2, 0) is 4.79 Å². The number of aromatic hydroxyl groups is 1. The summed E-state index contributed by atoms with van der Waals surface area (Å²) in [6.45, 7) is -2.86. The maximum atomic E-state index is 12.4. The summed E-state index contributed by atoms with van der Waals surface area (Å²) in [4.78, 5) is 12.3. The fourth-order valence-corrected chi connectivity index (χ4v) is 2.86. The number of anilines is 1. The topological polar surface area (TPSA) is 70.6 Å². The molecule has 0 aliphatic carbocycles. The van der Waals surface area contributed by atoms with E-state index in [9.17, 15) is 18.7 Å². The van der Waals surface area contributed by atoms with Crippen LogP contribution in [0.5, 0.6) is 11.5 Å². The molecule has 1 amide bonds. The van der Waals surface area contributed by atoms with Crippen molar-refractivity contribution < 1.29 is 23.4 Å². The zero-order valence-electron chi connectivity index (χ0n) is 15.4. The van der Waals surface area contributed by atoms with Gasteiger partial charge in [-0.1, -0.05) is 42.5 Å². The quantitative estimate of drug-likeness (QED) is 0.495. The fraction of sp³-hybridized carbons (Fsp3) is 0.136. The highest BCUT2D eigenvalue weighted by molar-refractivity contribution is 5.92. The molecule has 0 aliphatic rings. The van der Waals surface area contributed by atoms with E-state index in [-0.39, 0.29) is 30.0 Å². The molecule has 5 nitrogen and oxygen atoms in total. The largest absolute Gasteiger partial charge is 0.508 e. The number of benzene rings is 3. The molecule has 7 heteroatoms. The number of ether oxygens (including phenoxy) is 1. The fourth-order valence-electron chi connectivity index (χ4n) is 2.86. The van der Waals surface area contributed by atoms with Crippen molar-refractivity contribution in [3.8, 4) is 11.5 Å². The van der Waals surface area contributed by atoms with Crippen LogP contribution in [0.1, 0.15) is 17.2 Å². The number of alkyl halides is 2. The van der Waals surface area contributed by atoms with Crippen LogP contribution in [0.3, 0.4) is 0 Å². The normalized spacial score (nSPS) is 11.8. The standard InChI is InChI=1S/C22H20F2N2O3/c23-22(24)29-19-12-6-16(7-13-19)21(15-4-2-1-3-5-15)25-14-20(28)26-17-8-10-18(27)11-9-17/h1-13,21-22,25,27H,14H2,(H,26,28). The molecule has 1 atom stereocenters. The number of phenolic OH excluding ortho intramolecular Hbond substituents is 1. The van der Waals surface area contributed by atoms with Crippen LogP contribution in [0, 0.1) is 0 Å².